The molecule has 0 spiro atoms. The topological polar surface area (TPSA) is 39.2 Å². The summed E-state index contributed by atoms with van der Waals surface area (Å²) < 4.78 is 5.40. The molecule has 3 nitrogen and oxygen atoms in total. The van der Waals surface area contributed by atoms with Crippen molar-refractivity contribution in [2.45, 2.75) is 12.5 Å². The molecule has 1 aromatic carbocycles. The smallest absolute Gasteiger partial charge is 0.339 e. The minimum Gasteiger partial charge on any atom is -0.452 e. The SMILES string of the molecule is O=C1OC(c2ccccn2)Cc2ccccc21. The molecule has 3 heteroatoms. The fourth-order valence-electron chi connectivity index (χ4n) is 2.06. The van der Waals surface area contributed by atoms with Crippen LogP contribution in [0.25, 0.3) is 0 Å². The van der Waals surface area contributed by atoms with Gasteiger partial charge in [-0.1, -0.05) is 24.3 Å². The molecular weight excluding hydrogens is 214 g/mol. The number of carbonyl (C=O) groups is 1. The molecule has 0 aliphatic carbocycles. The van der Waals surface area contributed by atoms with Gasteiger partial charge in [0.15, 0.2) is 0 Å². The van der Waals surface area contributed by atoms with E-state index < -0.39 is 0 Å². The van der Waals surface area contributed by atoms with E-state index in [1.54, 1.807) is 12.3 Å². The van der Waals surface area contributed by atoms with Gasteiger partial charge in [0.2, 0.25) is 0 Å². The first-order valence-corrected chi connectivity index (χ1v) is 5.54. The highest BCUT2D eigenvalue weighted by molar-refractivity contribution is 5.92. The second-order valence-corrected chi connectivity index (χ2v) is 4.01. The molecule has 2 heterocycles. The number of cyclic esters (lactones) is 1. The Morgan fingerprint density at radius 1 is 1.12 bits per heavy atom. The maximum absolute atomic E-state index is 11.8. The van der Waals surface area contributed by atoms with Crippen molar-refractivity contribution in [1.29, 1.82) is 0 Å². The predicted molar refractivity (Wildman–Crippen MR) is 62.5 cm³/mol. The van der Waals surface area contributed by atoms with Gasteiger partial charge in [0, 0.05) is 12.6 Å². The van der Waals surface area contributed by atoms with Crippen molar-refractivity contribution in [3.05, 3.63) is 65.5 Å². The Morgan fingerprint density at radius 2 is 1.94 bits per heavy atom. The Labute approximate surface area is 99.1 Å². The summed E-state index contributed by atoms with van der Waals surface area (Å²) in [4.78, 5) is 16.1. The number of ether oxygens (including phenoxy) is 1. The second kappa shape index (κ2) is 4.01. The largest absolute Gasteiger partial charge is 0.452 e. The summed E-state index contributed by atoms with van der Waals surface area (Å²) in [6, 6.07) is 13.2. The van der Waals surface area contributed by atoms with Crippen molar-refractivity contribution in [3.8, 4) is 0 Å². The minimum absolute atomic E-state index is 0.262. The predicted octanol–water partition coefficient (Wildman–Crippen LogP) is 2.54. The lowest BCUT2D eigenvalue weighted by molar-refractivity contribution is 0.0242. The summed E-state index contributed by atoms with van der Waals surface area (Å²) in [6.45, 7) is 0. The summed E-state index contributed by atoms with van der Waals surface area (Å²) in [5, 5.41) is 0. The van der Waals surface area contributed by atoms with Gasteiger partial charge in [-0.25, -0.2) is 4.79 Å². The maximum atomic E-state index is 11.8. The molecule has 0 bridgehead atoms. The van der Waals surface area contributed by atoms with Crippen molar-refractivity contribution in [2.24, 2.45) is 0 Å². The highest BCUT2D eigenvalue weighted by atomic mass is 16.5. The van der Waals surface area contributed by atoms with Crippen LogP contribution in [-0.4, -0.2) is 11.0 Å². The number of esters is 1. The molecule has 17 heavy (non-hydrogen) atoms. The summed E-state index contributed by atoms with van der Waals surface area (Å²) in [7, 11) is 0. The summed E-state index contributed by atoms with van der Waals surface area (Å²) in [6.07, 6.45) is 2.14. The molecule has 0 saturated carbocycles. The summed E-state index contributed by atoms with van der Waals surface area (Å²) >= 11 is 0. The number of nitrogens with zero attached hydrogens (tertiary/aromatic N) is 1. The zero-order valence-corrected chi connectivity index (χ0v) is 9.17. The van der Waals surface area contributed by atoms with Crippen molar-refractivity contribution < 1.29 is 9.53 Å². The molecule has 1 aliphatic rings. The van der Waals surface area contributed by atoms with Crippen LogP contribution in [0.5, 0.6) is 0 Å². The number of carbonyl (C=O) groups excluding carboxylic acids is 1. The molecule has 84 valence electrons. The van der Waals surface area contributed by atoms with Crippen LogP contribution in [0.3, 0.4) is 0 Å². The number of benzene rings is 1. The highest BCUT2D eigenvalue weighted by Gasteiger charge is 2.27. The fraction of sp³-hybridized carbons (Fsp3) is 0.143. The zero-order chi connectivity index (χ0) is 11.7. The minimum atomic E-state index is -0.265. The van der Waals surface area contributed by atoms with Gasteiger partial charge in [0.25, 0.3) is 0 Å². The van der Waals surface area contributed by atoms with E-state index in [1.807, 2.05) is 36.4 Å². The van der Waals surface area contributed by atoms with E-state index >= 15 is 0 Å². The van der Waals surface area contributed by atoms with E-state index in [2.05, 4.69) is 4.98 Å². The molecular formula is C14H11NO2. The zero-order valence-electron chi connectivity index (χ0n) is 9.17. The van der Waals surface area contributed by atoms with Gasteiger partial charge in [0.05, 0.1) is 11.3 Å². The molecule has 1 aliphatic heterocycles. The van der Waals surface area contributed by atoms with Crippen molar-refractivity contribution in [3.63, 3.8) is 0 Å². The fourth-order valence-corrected chi connectivity index (χ4v) is 2.06. The molecule has 1 atom stereocenters. The van der Waals surface area contributed by atoms with Crippen molar-refractivity contribution in [1.82, 2.24) is 4.98 Å². The standard InChI is InChI=1S/C14H11NO2/c16-14-11-6-2-1-5-10(11)9-13(17-14)12-7-3-4-8-15-12/h1-8,13H,9H2. The van der Waals surface area contributed by atoms with Crippen LogP contribution in [0.1, 0.15) is 27.7 Å². The first-order valence-electron chi connectivity index (χ1n) is 5.54. The van der Waals surface area contributed by atoms with E-state index in [-0.39, 0.29) is 12.1 Å². The molecule has 0 saturated heterocycles. The van der Waals surface area contributed by atoms with Crippen LogP contribution in [0, 0.1) is 0 Å². The Kier molecular flexibility index (Phi) is 2.37. The summed E-state index contributed by atoms with van der Waals surface area (Å²) in [5.74, 6) is -0.262. The Morgan fingerprint density at radius 3 is 2.76 bits per heavy atom. The van der Waals surface area contributed by atoms with Crippen LogP contribution in [0.2, 0.25) is 0 Å². The van der Waals surface area contributed by atoms with E-state index in [0.717, 1.165) is 11.3 Å². The van der Waals surface area contributed by atoms with E-state index in [1.165, 1.54) is 0 Å². The van der Waals surface area contributed by atoms with Crippen LogP contribution < -0.4 is 0 Å². The Bertz CT molecular complexity index is 551. The Balaban J connectivity index is 1.97. The van der Waals surface area contributed by atoms with Gasteiger partial charge in [-0.15, -0.1) is 0 Å². The average Bonchev–Trinajstić information content (AvgIpc) is 2.40. The monoisotopic (exact) mass is 225 g/mol. The normalized spacial score (nSPS) is 18.4. The van der Waals surface area contributed by atoms with E-state index in [0.29, 0.717) is 12.0 Å². The van der Waals surface area contributed by atoms with Crippen LogP contribution in [-0.2, 0) is 11.2 Å². The first kappa shape index (κ1) is 10.0. The second-order valence-electron chi connectivity index (χ2n) is 4.01. The van der Waals surface area contributed by atoms with Gasteiger partial charge >= 0.3 is 5.97 Å². The van der Waals surface area contributed by atoms with Gasteiger partial charge < -0.3 is 4.74 Å². The molecule has 0 radical (unpaired) electrons. The van der Waals surface area contributed by atoms with Gasteiger partial charge in [-0.2, -0.15) is 0 Å². The third-order valence-corrected chi connectivity index (χ3v) is 2.91. The first-order chi connectivity index (χ1) is 8.34. The quantitative estimate of drug-likeness (QED) is 0.700. The molecule has 1 unspecified atom stereocenters. The number of hydrogen-bond acceptors (Lipinski definition) is 3. The maximum Gasteiger partial charge on any atom is 0.339 e. The molecule has 3 rings (SSSR count). The van der Waals surface area contributed by atoms with Gasteiger partial charge in [-0.05, 0) is 23.8 Å². The molecule has 0 fully saturated rings. The molecule has 0 amide bonds. The van der Waals surface area contributed by atoms with Gasteiger partial charge in [0.1, 0.15) is 6.10 Å². The van der Waals surface area contributed by atoms with Crippen LogP contribution in [0.15, 0.2) is 48.7 Å². The summed E-state index contributed by atoms with van der Waals surface area (Å²) in [5.41, 5.74) is 2.49. The average molecular weight is 225 g/mol. The lowest BCUT2D eigenvalue weighted by Crippen LogP contribution is -2.22. The van der Waals surface area contributed by atoms with E-state index in [4.69, 9.17) is 4.74 Å². The lowest BCUT2D eigenvalue weighted by atomic mass is 9.97. The third kappa shape index (κ3) is 1.80. The molecule has 0 N–H and O–H groups in total. The number of pyridine rings is 1. The number of rotatable bonds is 1. The van der Waals surface area contributed by atoms with Crippen LogP contribution >= 0.6 is 0 Å². The van der Waals surface area contributed by atoms with E-state index in [9.17, 15) is 4.79 Å². The third-order valence-electron chi connectivity index (χ3n) is 2.91. The van der Waals surface area contributed by atoms with Crippen LogP contribution in [0.4, 0.5) is 0 Å². The lowest BCUT2D eigenvalue weighted by Gasteiger charge is -2.23. The highest BCUT2D eigenvalue weighted by Crippen LogP contribution is 2.28. The van der Waals surface area contributed by atoms with Crippen molar-refractivity contribution in [2.75, 3.05) is 0 Å². The number of hydrogen-bond donors (Lipinski definition) is 0. The van der Waals surface area contributed by atoms with Crippen molar-refractivity contribution >= 4 is 5.97 Å². The van der Waals surface area contributed by atoms with Gasteiger partial charge in [-0.3, -0.25) is 4.98 Å². The number of aromatic nitrogens is 1. The molecule has 1 aromatic heterocycles. The Hall–Kier alpha value is -2.16. The molecule has 2 aromatic rings. The number of fused-ring (bicyclic) bond motifs is 1.